The van der Waals surface area contributed by atoms with Gasteiger partial charge in [0, 0.05) is 0 Å². The fourth-order valence-electron chi connectivity index (χ4n) is 2.66. The zero-order valence-corrected chi connectivity index (χ0v) is 16.2. The summed E-state index contributed by atoms with van der Waals surface area (Å²) in [7, 11) is 1.46. The van der Waals surface area contributed by atoms with Gasteiger partial charge in [-0.25, -0.2) is 9.79 Å². The van der Waals surface area contributed by atoms with Crippen LogP contribution in [0.5, 0.6) is 17.2 Å². The van der Waals surface area contributed by atoms with Gasteiger partial charge in [0.1, 0.15) is 5.75 Å². The molecule has 9 heteroatoms. The lowest BCUT2D eigenvalue weighted by molar-refractivity contribution is -0.129. The standard InChI is InChI=1S/C20H16ClF2NO5/c1-3-27-16-10-11(8-13(21)17(16)26-2)9-14-19(25)29-18(24-14)12-6-4-5-7-15(12)28-20(22)23/h4-10,20H,3H2,1-2H3. The predicted molar refractivity (Wildman–Crippen MR) is 103 cm³/mol. The third-order valence-electron chi connectivity index (χ3n) is 3.79. The van der Waals surface area contributed by atoms with Crippen LogP contribution in [0.1, 0.15) is 18.1 Å². The lowest BCUT2D eigenvalue weighted by Gasteiger charge is -2.11. The summed E-state index contributed by atoms with van der Waals surface area (Å²) < 4.78 is 45.5. The van der Waals surface area contributed by atoms with E-state index in [1.54, 1.807) is 18.2 Å². The minimum absolute atomic E-state index is 0.0319. The number of halogens is 3. The van der Waals surface area contributed by atoms with Gasteiger partial charge in [-0.2, -0.15) is 8.78 Å². The Morgan fingerprint density at radius 3 is 2.69 bits per heavy atom. The van der Waals surface area contributed by atoms with Gasteiger partial charge in [0.2, 0.25) is 5.90 Å². The lowest BCUT2D eigenvalue weighted by atomic mass is 10.1. The fourth-order valence-corrected chi connectivity index (χ4v) is 2.95. The first-order valence-electron chi connectivity index (χ1n) is 8.50. The fraction of sp³-hybridized carbons (Fsp3) is 0.200. The van der Waals surface area contributed by atoms with Crippen LogP contribution in [0.3, 0.4) is 0 Å². The molecule has 1 aliphatic heterocycles. The number of carbonyl (C=O) groups is 1. The van der Waals surface area contributed by atoms with E-state index in [1.807, 2.05) is 6.92 Å². The van der Waals surface area contributed by atoms with E-state index in [0.29, 0.717) is 23.7 Å². The van der Waals surface area contributed by atoms with Crippen molar-refractivity contribution in [3.8, 4) is 17.2 Å². The number of methoxy groups -OCH3 is 1. The van der Waals surface area contributed by atoms with Crippen molar-refractivity contribution in [2.45, 2.75) is 13.5 Å². The van der Waals surface area contributed by atoms with E-state index < -0.39 is 12.6 Å². The smallest absolute Gasteiger partial charge is 0.387 e. The quantitative estimate of drug-likeness (QED) is 0.477. The first-order chi connectivity index (χ1) is 13.9. The van der Waals surface area contributed by atoms with E-state index in [4.69, 9.17) is 25.8 Å². The Kier molecular flexibility index (Phi) is 6.33. The first kappa shape index (κ1) is 20.6. The van der Waals surface area contributed by atoms with Crippen LogP contribution in [-0.4, -0.2) is 32.2 Å². The summed E-state index contributed by atoms with van der Waals surface area (Å²) in [5.74, 6) is -0.257. The minimum Gasteiger partial charge on any atom is -0.491 e. The molecule has 29 heavy (non-hydrogen) atoms. The summed E-state index contributed by atoms with van der Waals surface area (Å²) in [5.41, 5.74) is 0.621. The highest BCUT2D eigenvalue weighted by molar-refractivity contribution is 6.32. The molecule has 1 aliphatic rings. The summed E-state index contributed by atoms with van der Waals surface area (Å²) >= 11 is 6.21. The van der Waals surface area contributed by atoms with Crippen LogP contribution in [-0.2, 0) is 9.53 Å². The molecule has 152 valence electrons. The molecule has 0 aromatic heterocycles. The van der Waals surface area contributed by atoms with Crippen LogP contribution >= 0.6 is 11.6 Å². The van der Waals surface area contributed by atoms with Crippen molar-refractivity contribution in [3.63, 3.8) is 0 Å². The molecular formula is C20H16ClF2NO5. The van der Waals surface area contributed by atoms with E-state index >= 15 is 0 Å². The van der Waals surface area contributed by atoms with Gasteiger partial charge >= 0.3 is 12.6 Å². The number of para-hydroxylation sites is 1. The number of cyclic esters (lactones) is 1. The SMILES string of the molecule is CCOc1cc(C=C2N=C(c3ccccc3OC(F)F)OC2=O)cc(Cl)c1OC. The molecular weight excluding hydrogens is 408 g/mol. The molecule has 0 saturated heterocycles. The average Bonchev–Trinajstić information content (AvgIpc) is 3.02. The number of ether oxygens (including phenoxy) is 4. The van der Waals surface area contributed by atoms with Gasteiger partial charge in [-0.1, -0.05) is 23.7 Å². The predicted octanol–water partition coefficient (Wildman–Crippen LogP) is 4.69. The van der Waals surface area contributed by atoms with Crippen molar-refractivity contribution < 1.29 is 32.5 Å². The van der Waals surface area contributed by atoms with Crippen molar-refractivity contribution in [1.29, 1.82) is 0 Å². The van der Waals surface area contributed by atoms with Crippen molar-refractivity contribution in [2.24, 2.45) is 4.99 Å². The second kappa shape index (κ2) is 8.91. The molecule has 0 aliphatic carbocycles. The van der Waals surface area contributed by atoms with Gasteiger partial charge in [-0.05, 0) is 42.8 Å². The summed E-state index contributed by atoms with van der Waals surface area (Å²) in [6.45, 7) is -0.831. The van der Waals surface area contributed by atoms with Gasteiger partial charge in [0.25, 0.3) is 0 Å². The number of carbonyl (C=O) groups excluding carboxylic acids is 1. The Hall–Kier alpha value is -3.13. The van der Waals surface area contributed by atoms with Crippen LogP contribution in [0.25, 0.3) is 6.08 Å². The van der Waals surface area contributed by atoms with E-state index in [9.17, 15) is 13.6 Å². The molecule has 6 nitrogen and oxygen atoms in total. The molecule has 2 aromatic carbocycles. The van der Waals surface area contributed by atoms with Crippen molar-refractivity contribution in [1.82, 2.24) is 0 Å². The molecule has 0 fully saturated rings. The minimum atomic E-state index is -3.03. The maximum absolute atomic E-state index is 12.6. The van der Waals surface area contributed by atoms with Crippen LogP contribution in [0.15, 0.2) is 47.1 Å². The van der Waals surface area contributed by atoms with Crippen LogP contribution in [0.2, 0.25) is 5.02 Å². The lowest BCUT2D eigenvalue weighted by Crippen LogP contribution is -2.10. The highest BCUT2D eigenvalue weighted by atomic mass is 35.5. The molecule has 0 N–H and O–H groups in total. The monoisotopic (exact) mass is 423 g/mol. The summed E-state index contributed by atoms with van der Waals surface area (Å²) in [5, 5.41) is 0.288. The van der Waals surface area contributed by atoms with E-state index in [2.05, 4.69) is 9.73 Å². The second-order valence-corrected chi connectivity index (χ2v) is 6.09. The largest absolute Gasteiger partial charge is 0.491 e. The normalized spacial score (nSPS) is 14.8. The van der Waals surface area contributed by atoms with Crippen molar-refractivity contribution >= 4 is 29.5 Å². The molecule has 0 bridgehead atoms. The van der Waals surface area contributed by atoms with Crippen molar-refractivity contribution in [2.75, 3.05) is 13.7 Å². The van der Waals surface area contributed by atoms with Crippen LogP contribution in [0, 0.1) is 0 Å². The van der Waals surface area contributed by atoms with Crippen LogP contribution < -0.4 is 14.2 Å². The molecule has 0 spiro atoms. The third kappa shape index (κ3) is 4.65. The number of hydrogen-bond donors (Lipinski definition) is 0. The molecule has 0 amide bonds. The number of rotatable bonds is 7. The number of benzene rings is 2. The molecule has 1 heterocycles. The summed E-state index contributed by atoms with van der Waals surface area (Å²) in [6, 6.07) is 9.11. The zero-order valence-electron chi connectivity index (χ0n) is 15.4. The number of hydrogen-bond acceptors (Lipinski definition) is 6. The molecule has 0 saturated carbocycles. The molecule has 0 atom stereocenters. The van der Waals surface area contributed by atoms with Crippen molar-refractivity contribution in [3.05, 3.63) is 58.2 Å². The van der Waals surface area contributed by atoms with E-state index in [1.165, 1.54) is 31.4 Å². The van der Waals surface area contributed by atoms with E-state index in [0.717, 1.165) is 0 Å². The highest BCUT2D eigenvalue weighted by Crippen LogP contribution is 2.37. The molecule has 0 radical (unpaired) electrons. The Bertz CT molecular complexity index is 991. The van der Waals surface area contributed by atoms with Gasteiger partial charge in [0.05, 0.1) is 24.3 Å². The van der Waals surface area contributed by atoms with Gasteiger partial charge in [-0.15, -0.1) is 0 Å². The topological polar surface area (TPSA) is 66.3 Å². The average molecular weight is 424 g/mol. The first-order valence-corrected chi connectivity index (χ1v) is 8.87. The Morgan fingerprint density at radius 2 is 2.00 bits per heavy atom. The molecule has 0 unspecified atom stereocenters. The molecule has 3 rings (SSSR count). The third-order valence-corrected chi connectivity index (χ3v) is 4.07. The number of alkyl halides is 2. The Balaban J connectivity index is 1.98. The number of esters is 1. The van der Waals surface area contributed by atoms with Gasteiger partial charge in [-0.3, -0.25) is 0 Å². The Labute approximate surface area is 170 Å². The summed E-state index contributed by atoms with van der Waals surface area (Å²) in [6.07, 6.45) is 1.44. The van der Waals surface area contributed by atoms with Gasteiger partial charge in [0.15, 0.2) is 17.2 Å². The van der Waals surface area contributed by atoms with E-state index in [-0.39, 0.29) is 27.9 Å². The number of aliphatic imine (C=N–C) groups is 1. The zero-order chi connectivity index (χ0) is 21.0. The Morgan fingerprint density at radius 1 is 1.24 bits per heavy atom. The molecule has 2 aromatic rings. The van der Waals surface area contributed by atoms with Crippen LogP contribution in [0.4, 0.5) is 8.78 Å². The number of nitrogens with zero attached hydrogens (tertiary/aromatic N) is 1. The summed E-state index contributed by atoms with van der Waals surface area (Å²) in [4.78, 5) is 16.3. The maximum Gasteiger partial charge on any atom is 0.387 e. The second-order valence-electron chi connectivity index (χ2n) is 5.68. The van der Waals surface area contributed by atoms with Gasteiger partial charge < -0.3 is 18.9 Å². The highest BCUT2D eigenvalue weighted by Gasteiger charge is 2.27. The maximum atomic E-state index is 12.6.